The Morgan fingerprint density at radius 3 is 1.53 bits per heavy atom. The van der Waals surface area contributed by atoms with E-state index < -0.39 is 0 Å². The number of phenolic OH excluding ortho intramolecular Hbond substituents is 2. The molecule has 0 aliphatic carbocycles. The first-order valence-electron chi connectivity index (χ1n) is 14.3. The summed E-state index contributed by atoms with van der Waals surface area (Å²) in [5, 5.41) is 21.8. The zero-order chi connectivity index (χ0) is 25.6. The van der Waals surface area contributed by atoms with Gasteiger partial charge in [0.2, 0.25) is 0 Å². The number of hydrogen-bond acceptors (Lipinski definition) is 3. The van der Waals surface area contributed by atoms with Gasteiger partial charge in [0.1, 0.15) is 17.3 Å². The lowest BCUT2D eigenvalue weighted by Crippen LogP contribution is -2.05. The minimum absolute atomic E-state index is 0.240. The number of unbranched alkanes of at least 4 members (excludes halogenated alkanes) is 10. The molecule has 0 aliphatic heterocycles. The first-order chi connectivity index (χ1) is 17.6. The van der Waals surface area contributed by atoms with Crippen LogP contribution in [0.4, 0.5) is 0 Å². The summed E-state index contributed by atoms with van der Waals surface area (Å²) in [5.74, 6) is 0.857. The fourth-order valence-corrected chi connectivity index (χ4v) is 5.13. The number of aryl methyl sites for hydroxylation is 2. The lowest BCUT2D eigenvalue weighted by molar-refractivity contribution is 0.443. The fourth-order valence-electron chi connectivity index (χ4n) is 5.13. The smallest absolute Gasteiger partial charge is 0.119 e. The Morgan fingerprint density at radius 2 is 1.08 bits per heavy atom. The largest absolute Gasteiger partial charge is 0.508 e. The van der Waals surface area contributed by atoms with Crippen LogP contribution in [-0.4, -0.2) is 10.2 Å². The zero-order valence-corrected chi connectivity index (χ0v) is 22.5. The van der Waals surface area contributed by atoms with Crippen molar-refractivity contribution in [2.45, 2.75) is 110 Å². The van der Waals surface area contributed by atoms with E-state index in [-0.39, 0.29) is 17.4 Å². The standard InChI is InChI=1S/C33H46O3/c1-3-5-7-9-11-13-16-26-19-21-30(34)28(24-26)33(32-18-15-23-36-32)29-25-27(20-22-31(29)35)17-14-12-10-8-6-4-2/h15,18-25,33-35H,3-14,16-17H2,1-2H3. The SMILES string of the molecule is CCCCCCCCc1ccc(O)c(C(c2ccco2)c2cc(CCCCCCCC)ccc2O)c1. The molecular formula is C33H46O3. The second kappa shape index (κ2) is 15.4. The van der Waals surface area contributed by atoms with Gasteiger partial charge in [0, 0.05) is 11.1 Å². The number of aromatic hydroxyl groups is 2. The first-order valence-corrected chi connectivity index (χ1v) is 14.3. The summed E-state index contributed by atoms with van der Waals surface area (Å²) < 4.78 is 5.84. The van der Waals surface area contributed by atoms with Gasteiger partial charge in [-0.25, -0.2) is 0 Å². The van der Waals surface area contributed by atoms with Gasteiger partial charge >= 0.3 is 0 Å². The van der Waals surface area contributed by atoms with Crippen molar-refractivity contribution < 1.29 is 14.6 Å². The molecule has 0 fully saturated rings. The predicted octanol–water partition coefficient (Wildman–Crippen LogP) is 9.68. The van der Waals surface area contributed by atoms with Gasteiger partial charge in [0.25, 0.3) is 0 Å². The molecule has 3 heteroatoms. The molecular weight excluding hydrogens is 444 g/mol. The van der Waals surface area contributed by atoms with Crippen LogP contribution in [0.5, 0.6) is 11.5 Å². The van der Waals surface area contributed by atoms with Crippen molar-refractivity contribution in [3.8, 4) is 11.5 Å². The van der Waals surface area contributed by atoms with Gasteiger partial charge in [-0.3, -0.25) is 0 Å². The van der Waals surface area contributed by atoms with Crippen molar-refractivity contribution in [1.29, 1.82) is 0 Å². The highest BCUT2D eigenvalue weighted by atomic mass is 16.3. The summed E-state index contributed by atoms with van der Waals surface area (Å²) in [7, 11) is 0. The number of hydrogen-bond donors (Lipinski definition) is 2. The van der Waals surface area contributed by atoms with Gasteiger partial charge in [0.05, 0.1) is 12.2 Å². The van der Waals surface area contributed by atoms with E-state index in [0.29, 0.717) is 0 Å². The lowest BCUT2D eigenvalue weighted by Gasteiger charge is -2.20. The maximum Gasteiger partial charge on any atom is 0.119 e. The number of rotatable bonds is 17. The molecule has 0 radical (unpaired) electrons. The van der Waals surface area contributed by atoms with E-state index in [0.717, 1.165) is 42.6 Å². The fraction of sp³-hybridized carbons (Fsp3) is 0.515. The van der Waals surface area contributed by atoms with Crippen LogP contribution in [0.2, 0.25) is 0 Å². The molecule has 36 heavy (non-hydrogen) atoms. The van der Waals surface area contributed by atoms with Gasteiger partial charge in [-0.05, 0) is 61.1 Å². The zero-order valence-electron chi connectivity index (χ0n) is 22.5. The van der Waals surface area contributed by atoms with Crippen molar-refractivity contribution in [2.75, 3.05) is 0 Å². The normalized spacial score (nSPS) is 11.4. The summed E-state index contributed by atoms with van der Waals surface area (Å²) >= 11 is 0. The highest BCUT2D eigenvalue weighted by molar-refractivity contribution is 5.52. The van der Waals surface area contributed by atoms with Crippen LogP contribution in [-0.2, 0) is 12.8 Å². The quantitative estimate of drug-likeness (QED) is 0.185. The van der Waals surface area contributed by atoms with Crippen LogP contribution in [0, 0.1) is 0 Å². The van der Waals surface area contributed by atoms with E-state index in [1.165, 1.54) is 75.3 Å². The van der Waals surface area contributed by atoms with E-state index in [9.17, 15) is 10.2 Å². The molecule has 0 aliphatic rings. The van der Waals surface area contributed by atoms with Crippen LogP contribution in [0.25, 0.3) is 0 Å². The molecule has 1 aromatic heterocycles. The molecule has 1 heterocycles. The van der Waals surface area contributed by atoms with E-state index >= 15 is 0 Å². The van der Waals surface area contributed by atoms with E-state index in [2.05, 4.69) is 26.0 Å². The topological polar surface area (TPSA) is 53.6 Å². The Kier molecular flexibility index (Phi) is 12.0. The molecule has 2 N–H and O–H groups in total. The van der Waals surface area contributed by atoms with E-state index in [1.54, 1.807) is 18.4 Å². The van der Waals surface area contributed by atoms with Crippen molar-refractivity contribution >= 4 is 0 Å². The van der Waals surface area contributed by atoms with Gasteiger partial charge in [-0.15, -0.1) is 0 Å². The molecule has 196 valence electrons. The molecule has 2 aromatic carbocycles. The average molecular weight is 491 g/mol. The molecule has 3 nitrogen and oxygen atoms in total. The van der Waals surface area contributed by atoms with E-state index in [4.69, 9.17) is 4.42 Å². The molecule has 3 rings (SSSR count). The van der Waals surface area contributed by atoms with Crippen LogP contribution in [0.1, 0.15) is 125 Å². The predicted molar refractivity (Wildman–Crippen MR) is 150 cm³/mol. The van der Waals surface area contributed by atoms with Gasteiger partial charge in [-0.2, -0.15) is 0 Å². The van der Waals surface area contributed by atoms with Crippen LogP contribution in [0.15, 0.2) is 59.2 Å². The number of phenols is 2. The Balaban J connectivity index is 1.79. The molecule has 0 saturated carbocycles. The minimum atomic E-state index is -0.353. The second-order valence-electron chi connectivity index (χ2n) is 10.3. The van der Waals surface area contributed by atoms with Gasteiger partial charge < -0.3 is 14.6 Å². The monoisotopic (exact) mass is 490 g/mol. The maximum atomic E-state index is 10.9. The Hall–Kier alpha value is -2.68. The Bertz CT molecular complexity index is 940. The highest BCUT2D eigenvalue weighted by Gasteiger charge is 2.26. The van der Waals surface area contributed by atoms with Gasteiger partial charge in [-0.1, -0.05) is 102 Å². The third-order valence-corrected chi connectivity index (χ3v) is 7.27. The first kappa shape index (κ1) is 27.9. The lowest BCUT2D eigenvalue weighted by atomic mass is 9.85. The highest BCUT2D eigenvalue weighted by Crippen LogP contribution is 2.41. The van der Waals surface area contributed by atoms with Crippen molar-refractivity contribution in [3.63, 3.8) is 0 Å². The molecule has 0 amide bonds. The molecule has 0 saturated heterocycles. The Morgan fingerprint density at radius 1 is 0.611 bits per heavy atom. The summed E-state index contributed by atoms with van der Waals surface area (Å²) in [5.41, 5.74) is 4.02. The summed E-state index contributed by atoms with van der Waals surface area (Å²) in [6.07, 6.45) is 18.8. The number of benzene rings is 2. The Labute approximate surface area is 218 Å². The molecule has 0 spiro atoms. The molecule has 3 aromatic rings. The molecule has 0 atom stereocenters. The van der Waals surface area contributed by atoms with Crippen LogP contribution >= 0.6 is 0 Å². The van der Waals surface area contributed by atoms with Crippen LogP contribution < -0.4 is 0 Å². The summed E-state index contributed by atoms with van der Waals surface area (Å²) in [6.45, 7) is 4.49. The second-order valence-corrected chi connectivity index (χ2v) is 10.3. The van der Waals surface area contributed by atoms with Crippen molar-refractivity contribution in [2.24, 2.45) is 0 Å². The summed E-state index contributed by atoms with van der Waals surface area (Å²) in [6, 6.07) is 15.7. The van der Waals surface area contributed by atoms with Crippen molar-refractivity contribution in [1.82, 2.24) is 0 Å². The minimum Gasteiger partial charge on any atom is -0.508 e. The average Bonchev–Trinajstić information content (AvgIpc) is 3.41. The third kappa shape index (κ3) is 8.47. The molecule has 0 bridgehead atoms. The maximum absolute atomic E-state index is 10.9. The van der Waals surface area contributed by atoms with Gasteiger partial charge in [0.15, 0.2) is 0 Å². The number of furan rings is 1. The third-order valence-electron chi connectivity index (χ3n) is 7.27. The van der Waals surface area contributed by atoms with Crippen LogP contribution in [0.3, 0.4) is 0 Å². The summed E-state index contributed by atoms with van der Waals surface area (Å²) in [4.78, 5) is 0. The van der Waals surface area contributed by atoms with Crippen molar-refractivity contribution in [3.05, 3.63) is 82.8 Å². The van der Waals surface area contributed by atoms with E-state index in [1.807, 2.05) is 24.3 Å². The molecule has 0 unspecified atom stereocenters.